The van der Waals surface area contributed by atoms with Crippen molar-refractivity contribution in [2.75, 3.05) is 0 Å². The molecule has 33 heavy (non-hydrogen) atoms. The van der Waals surface area contributed by atoms with Gasteiger partial charge in [-0.05, 0) is 60.6 Å². The van der Waals surface area contributed by atoms with Crippen LogP contribution in [0.5, 0.6) is 11.6 Å². The van der Waals surface area contributed by atoms with Gasteiger partial charge in [0.25, 0.3) is 0 Å². The molecule has 0 spiro atoms. The largest absolute Gasteiger partial charge is 0.492 e. The lowest BCUT2D eigenvalue weighted by Gasteiger charge is -2.13. The molecular weight excluding hydrogens is 420 g/mol. The summed E-state index contributed by atoms with van der Waals surface area (Å²) in [4.78, 5) is 17.9. The molecule has 4 aromatic rings. The zero-order valence-corrected chi connectivity index (χ0v) is 18.0. The predicted molar refractivity (Wildman–Crippen MR) is 123 cm³/mol. The molecular formula is C26H24N2O5. The normalized spacial score (nSPS) is 12.9. The number of aryl methyl sites for hydroxylation is 3. The van der Waals surface area contributed by atoms with Crippen molar-refractivity contribution in [3.63, 3.8) is 0 Å². The van der Waals surface area contributed by atoms with Gasteiger partial charge < -0.3 is 18.7 Å². The van der Waals surface area contributed by atoms with E-state index in [1.807, 2.05) is 30.3 Å². The number of aromatic amines is 1. The number of fused-ring (bicyclic) bond motifs is 1. The highest BCUT2D eigenvalue weighted by molar-refractivity contribution is 5.81. The molecule has 2 aromatic heterocycles. The summed E-state index contributed by atoms with van der Waals surface area (Å²) < 4.78 is 16.5. The van der Waals surface area contributed by atoms with Crippen molar-refractivity contribution >= 4 is 11.6 Å². The molecule has 2 heterocycles. The van der Waals surface area contributed by atoms with Crippen molar-refractivity contribution in [3.8, 4) is 11.6 Å². The molecule has 2 aromatic carbocycles. The number of nitrogens with zero attached hydrogens (tertiary/aromatic N) is 1. The first-order chi connectivity index (χ1) is 16.1. The number of nitrogens with one attached hydrogen (secondary N) is 1. The van der Waals surface area contributed by atoms with Gasteiger partial charge in [0.15, 0.2) is 5.76 Å². The van der Waals surface area contributed by atoms with Gasteiger partial charge in [-0.25, -0.2) is 9.78 Å². The minimum atomic E-state index is -0.635. The Morgan fingerprint density at radius 1 is 1.06 bits per heavy atom. The third-order valence-electron chi connectivity index (χ3n) is 5.75. The first-order valence-electron chi connectivity index (χ1n) is 11.0. The molecule has 0 fully saturated rings. The van der Waals surface area contributed by atoms with E-state index in [-0.39, 0.29) is 5.88 Å². The summed E-state index contributed by atoms with van der Waals surface area (Å²) >= 11 is 0. The van der Waals surface area contributed by atoms with Gasteiger partial charge in [0.05, 0.1) is 0 Å². The van der Waals surface area contributed by atoms with Gasteiger partial charge >= 0.3 is 5.76 Å². The SMILES string of the molecule is O=c1[nH]c(O)c(CCCc2ccc(OCc3coc(C4=Cc5ccccc5CC4)n3)cc2)o1. The lowest BCUT2D eigenvalue weighted by Crippen LogP contribution is -2.00. The Balaban J connectivity index is 1.13. The minimum absolute atomic E-state index is 0.190. The fourth-order valence-electron chi connectivity index (χ4n) is 4.01. The maximum Gasteiger partial charge on any atom is 0.419 e. The Bertz CT molecular complexity index is 1330. The number of hydrogen-bond donors (Lipinski definition) is 2. The van der Waals surface area contributed by atoms with Crippen LogP contribution < -0.4 is 10.5 Å². The molecule has 0 saturated heterocycles. The smallest absolute Gasteiger partial charge is 0.419 e. The Hall–Kier alpha value is -4.00. The van der Waals surface area contributed by atoms with Gasteiger partial charge in [-0.3, -0.25) is 4.98 Å². The van der Waals surface area contributed by atoms with Crippen LogP contribution in [0.4, 0.5) is 0 Å². The molecule has 0 atom stereocenters. The summed E-state index contributed by atoms with van der Waals surface area (Å²) in [5.74, 6) is 0.875. The number of allylic oxidation sites excluding steroid dienone is 1. The van der Waals surface area contributed by atoms with Gasteiger partial charge in [0.2, 0.25) is 11.8 Å². The number of aromatic nitrogens is 2. The molecule has 0 unspecified atom stereocenters. The quantitative estimate of drug-likeness (QED) is 0.401. The number of H-pyrrole nitrogens is 1. The monoisotopic (exact) mass is 444 g/mol. The molecule has 0 bridgehead atoms. The van der Waals surface area contributed by atoms with Crippen molar-refractivity contribution < 1.29 is 18.7 Å². The van der Waals surface area contributed by atoms with Crippen molar-refractivity contribution in [1.82, 2.24) is 9.97 Å². The number of oxazole rings is 2. The summed E-state index contributed by atoms with van der Waals surface area (Å²) in [6.07, 6.45) is 7.73. The summed E-state index contributed by atoms with van der Waals surface area (Å²) in [6.45, 7) is 0.332. The summed E-state index contributed by atoms with van der Waals surface area (Å²) in [5, 5.41) is 9.55. The Kier molecular flexibility index (Phi) is 5.85. The highest BCUT2D eigenvalue weighted by atomic mass is 16.5. The van der Waals surface area contributed by atoms with Crippen LogP contribution in [0.25, 0.3) is 11.6 Å². The molecule has 1 aliphatic rings. The number of aromatic hydroxyl groups is 1. The maximum atomic E-state index is 11.1. The van der Waals surface area contributed by atoms with Crippen molar-refractivity contribution in [2.24, 2.45) is 0 Å². The van der Waals surface area contributed by atoms with Crippen molar-refractivity contribution in [2.45, 2.75) is 38.7 Å². The third-order valence-corrected chi connectivity index (χ3v) is 5.75. The predicted octanol–water partition coefficient (Wildman–Crippen LogP) is 4.90. The lowest BCUT2D eigenvalue weighted by atomic mass is 9.92. The van der Waals surface area contributed by atoms with Crippen molar-refractivity contribution in [3.05, 3.63) is 99.4 Å². The van der Waals surface area contributed by atoms with Crippen LogP contribution in [0, 0.1) is 0 Å². The molecule has 1 aliphatic carbocycles. The first kappa shape index (κ1) is 20.9. The van der Waals surface area contributed by atoms with Crippen LogP contribution in [-0.2, 0) is 25.9 Å². The van der Waals surface area contributed by atoms with Gasteiger partial charge in [-0.15, -0.1) is 0 Å². The van der Waals surface area contributed by atoms with Crippen LogP contribution in [-0.4, -0.2) is 15.1 Å². The molecule has 2 N–H and O–H groups in total. The zero-order valence-electron chi connectivity index (χ0n) is 18.0. The fraction of sp³-hybridized carbons (Fsp3) is 0.231. The van der Waals surface area contributed by atoms with E-state index >= 15 is 0 Å². The molecule has 7 nitrogen and oxygen atoms in total. The van der Waals surface area contributed by atoms with E-state index in [4.69, 9.17) is 13.6 Å². The summed E-state index contributed by atoms with van der Waals surface area (Å²) in [5.41, 5.74) is 5.57. The highest BCUT2D eigenvalue weighted by Crippen LogP contribution is 2.30. The lowest BCUT2D eigenvalue weighted by molar-refractivity contribution is 0.301. The van der Waals surface area contributed by atoms with E-state index in [1.165, 1.54) is 11.1 Å². The Morgan fingerprint density at radius 3 is 2.73 bits per heavy atom. The molecule has 168 valence electrons. The minimum Gasteiger partial charge on any atom is -0.492 e. The molecule has 0 radical (unpaired) electrons. The van der Waals surface area contributed by atoms with Gasteiger partial charge in [-0.2, -0.15) is 0 Å². The van der Waals surface area contributed by atoms with Gasteiger partial charge in [0.1, 0.15) is 24.3 Å². The van der Waals surface area contributed by atoms with Gasteiger partial charge in [-0.1, -0.05) is 36.4 Å². The number of rotatable bonds is 8. The summed E-state index contributed by atoms with van der Waals surface area (Å²) in [6, 6.07) is 16.2. The van der Waals surface area contributed by atoms with E-state index in [9.17, 15) is 9.90 Å². The third kappa shape index (κ3) is 4.92. The number of hydrogen-bond acceptors (Lipinski definition) is 6. The zero-order chi connectivity index (χ0) is 22.6. The number of ether oxygens (including phenoxy) is 1. The van der Waals surface area contributed by atoms with E-state index in [2.05, 4.69) is 34.2 Å². The molecule has 5 rings (SSSR count). The maximum absolute atomic E-state index is 11.1. The van der Waals surface area contributed by atoms with Crippen LogP contribution >= 0.6 is 0 Å². The van der Waals surface area contributed by atoms with Crippen molar-refractivity contribution in [1.29, 1.82) is 0 Å². The molecule has 0 saturated carbocycles. The van der Waals surface area contributed by atoms with E-state index < -0.39 is 5.76 Å². The summed E-state index contributed by atoms with van der Waals surface area (Å²) in [7, 11) is 0. The Morgan fingerprint density at radius 2 is 1.91 bits per heavy atom. The van der Waals surface area contributed by atoms with Gasteiger partial charge in [0, 0.05) is 12.0 Å². The second-order valence-corrected chi connectivity index (χ2v) is 8.08. The van der Waals surface area contributed by atoms with Crippen LogP contribution in [0.3, 0.4) is 0 Å². The van der Waals surface area contributed by atoms with E-state index in [0.29, 0.717) is 24.7 Å². The Labute approximate surface area is 190 Å². The molecule has 7 heteroatoms. The molecule has 0 aliphatic heterocycles. The fourth-order valence-corrected chi connectivity index (χ4v) is 4.01. The second kappa shape index (κ2) is 9.24. The first-order valence-corrected chi connectivity index (χ1v) is 11.0. The highest BCUT2D eigenvalue weighted by Gasteiger charge is 2.16. The topological polar surface area (TPSA) is 101 Å². The standard InChI is InChI=1S/C26H24N2O5/c29-24-23(33-26(30)28-24)7-3-4-17-8-12-22(13-9-17)31-15-21-16-32-25(27-21)20-11-10-18-5-1-2-6-19(18)14-20/h1-2,5-6,8-9,12-14,16,29H,3-4,7,10-11,15H2,(H,28,30). The second-order valence-electron chi connectivity index (χ2n) is 8.08. The average Bonchev–Trinajstić information content (AvgIpc) is 3.44. The van der Waals surface area contributed by atoms with Crippen LogP contribution in [0.15, 0.2) is 68.4 Å². The number of benzene rings is 2. The van der Waals surface area contributed by atoms with Crippen LogP contribution in [0.2, 0.25) is 0 Å². The molecule has 0 amide bonds. The van der Waals surface area contributed by atoms with E-state index in [0.717, 1.165) is 48.3 Å². The average molecular weight is 444 g/mol. The van der Waals surface area contributed by atoms with Crippen LogP contribution in [0.1, 0.15) is 46.9 Å². The van der Waals surface area contributed by atoms with E-state index in [1.54, 1.807) is 6.26 Å².